The zero-order valence-electron chi connectivity index (χ0n) is 12.2. The number of hydrogen-bond donors (Lipinski definition) is 0. The molecule has 0 aliphatic heterocycles. The number of carbonyl (C=O) groups excluding carboxylic acids is 2. The minimum atomic E-state index is -0.250. The topological polar surface area (TPSA) is 37.4 Å². The third-order valence-electron chi connectivity index (χ3n) is 2.72. The molecule has 0 saturated heterocycles. The number of Topliss-reactive ketones (excluding diaryl/α,β-unsaturated/α-hetero) is 2. The Morgan fingerprint density at radius 2 is 1.81 bits per heavy atom. The van der Waals surface area contributed by atoms with Crippen molar-refractivity contribution < 1.29 is 9.59 Å². The van der Waals surface area contributed by atoms with E-state index in [1.165, 1.54) is 6.92 Å². The van der Waals surface area contributed by atoms with Crippen LogP contribution in [0.5, 0.6) is 0 Å². The van der Waals surface area contributed by atoms with Crippen LogP contribution in [-0.4, -0.2) is 37.1 Å². The molecule has 1 aromatic rings. The summed E-state index contributed by atoms with van der Waals surface area (Å²) in [4.78, 5) is 25.6. The SMILES string of the molecule is Br.CC(=O)/C(=C\c1ccc(Cl)c(Cl)c1)C(=O)CCN(C)C. The lowest BCUT2D eigenvalue weighted by Gasteiger charge is -2.09. The summed E-state index contributed by atoms with van der Waals surface area (Å²) in [5.41, 5.74) is 0.869. The van der Waals surface area contributed by atoms with E-state index in [4.69, 9.17) is 23.2 Å². The Hall–Kier alpha value is -0.680. The minimum Gasteiger partial charge on any atom is -0.309 e. The Kier molecular flexibility index (Phi) is 9.06. The fourth-order valence-electron chi connectivity index (χ4n) is 1.61. The van der Waals surface area contributed by atoms with E-state index < -0.39 is 0 Å². The quantitative estimate of drug-likeness (QED) is 0.414. The van der Waals surface area contributed by atoms with Crippen molar-refractivity contribution >= 4 is 57.8 Å². The molecule has 0 saturated carbocycles. The minimum absolute atomic E-state index is 0. The number of hydrogen-bond acceptors (Lipinski definition) is 3. The van der Waals surface area contributed by atoms with Gasteiger partial charge in [0.25, 0.3) is 0 Å². The van der Waals surface area contributed by atoms with Gasteiger partial charge in [-0.2, -0.15) is 0 Å². The van der Waals surface area contributed by atoms with Gasteiger partial charge in [0.2, 0.25) is 0 Å². The molecule has 0 heterocycles. The number of nitrogens with zero attached hydrogens (tertiary/aromatic N) is 1. The highest BCUT2D eigenvalue weighted by Gasteiger charge is 2.14. The van der Waals surface area contributed by atoms with Crippen LogP contribution in [0.25, 0.3) is 6.08 Å². The predicted molar refractivity (Wildman–Crippen MR) is 93.6 cm³/mol. The Morgan fingerprint density at radius 3 is 2.29 bits per heavy atom. The molecule has 1 rings (SSSR count). The van der Waals surface area contributed by atoms with Crippen molar-refractivity contribution in [3.05, 3.63) is 39.4 Å². The van der Waals surface area contributed by atoms with Crippen LogP contribution in [0.1, 0.15) is 18.9 Å². The van der Waals surface area contributed by atoms with Gasteiger partial charge in [0.15, 0.2) is 11.6 Å². The summed E-state index contributed by atoms with van der Waals surface area (Å²) in [5, 5.41) is 0.830. The lowest BCUT2D eigenvalue weighted by Crippen LogP contribution is -2.19. The zero-order valence-corrected chi connectivity index (χ0v) is 15.4. The average molecular weight is 395 g/mol. The molecular weight excluding hydrogens is 377 g/mol. The maximum Gasteiger partial charge on any atom is 0.167 e. The molecule has 0 fully saturated rings. The molecule has 0 unspecified atom stereocenters. The van der Waals surface area contributed by atoms with E-state index in [-0.39, 0.29) is 34.1 Å². The van der Waals surface area contributed by atoms with Crippen molar-refractivity contribution in [3.63, 3.8) is 0 Å². The average Bonchev–Trinajstić information content (AvgIpc) is 2.36. The molecular formula is C15H18BrCl2NO2. The number of carbonyl (C=O) groups is 2. The van der Waals surface area contributed by atoms with E-state index in [1.54, 1.807) is 24.3 Å². The van der Waals surface area contributed by atoms with Gasteiger partial charge < -0.3 is 4.90 Å². The predicted octanol–water partition coefficient (Wildman–Crippen LogP) is 4.06. The van der Waals surface area contributed by atoms with E-state index in [0.717, 1.165) is 0 Å². The van der Waals surface area contributed by atoms with Crippen LogP contribution >= 0.6 is 40.2 Å². The summed E-state index contributed by atoms with van der Waals surface area (Å²) >= 11 is 11.8. The molecule has 3 nitrogen and oxygen atoms in total. The molecule has 0 radical (unpaired) electrons. The van der Waals surface area contributed by atoms with Gasteiger partial charge in [0.1, 0.15) is 0 Å². The maximum absolute atomic E-state index is 12.1. The van der Waals surface area contributed by atoms with E-state index in [1.807, 2.05) is 19.0 Å². The second-order valence-corrected chi connectivity index (χ2v) is 5.58. The van der Waals surface area contributed by atoms with E-state index in [9.17, 15) is 9.59 Å². The molecule has 0 aliphatic carbocycles. The van der Waals surface area contributed by atoms with Crippen molar-refractivity contribution in [2.75, 3.05) is 20.6 Å². The second-order valence-electron chi connectivity index (χ2n) is 4.76. The van der Waals surface area contributed by atoms with Crippen LogP contribution in [-0.2, 0) is 9.59 Å². The molecule has 0 atom stereocenters. The van der Waals surface area contributed by atoms with Crippen molar-refractivity contribution in [1.29, 1.82) is 0 Å². The third kappa shape index (κ3) is 6.74. The third-order valence-corrected chi connectivity index (χ3v) is 3.46. The second kappa shape index (κ2) is 9.36. The molecule has 0 aliphatic rings. The lowest BCUT2D eigenvalue weighted by molar-refractivity contribution is -0.120. The molecule has 0 amide bonds. The highest BCUT2D eigenvalue weighted by Crippen LogP contribution is 2.24. The number of halogens is 3. The highest BCUT2D eigenvalue weighted by atomic mass is 79.9. The molecule has 6 heteroatoms. The number of ketones is 2. The van der Waals surface area contributed by atoms with Gasteiger partial charge in [-0.05, 0) is 44.8 Å². The fraction of sp³-hybridized carbons (Fsp3) is 0.333. The van der Waals surface area contributed by atoms with E-state index in [2.05, 4.69) is 0 Å². The fourth-order valence-corrected chi connectivity index (χ4v) is 1.91. The lowest BCUT2D eigenvalue weighted by atomic mass is 10.0. The molecule has 0 aromatic heterocycles. The van der Waals surface area contributed by atoms with Crippen LogP contribution in [0, 0.1) is 0 Å². The van der Waals surface area contributed by atoms with Gasteiger partial charge in [-0.15, -0.1) is 17.0 Å². The van der Waals surface area contributed by atoms with Crippen molar-refractivity contribution in [1.82, 2.24) is 4.90 Å². The standard InChI is InChI=1S/C15H17Cl2NO2.BrH/c1-10(19)12(15(20)6-7-18(2)3)8-11-4-5-13(16)14(17)9-11;/h4-5,8-9H,6-7H2,1-3H3;1H/b12-8+;. The van der Waals surface area contributed by atoms with Gasteiger partial charge >= 0.3 is 0 Å². The first-order valence-corrected chi connectivity index (χ1v) is 6.92. The number of allylic oxidation sites excluding steroid dienone is 1. The van der Waals surface area contributed by atoms with Gasteiger partial charge in [-0.25, -0.2) is 0 Å². The molecule has 0 spiro atoms. The van der Waals surface area contributed by atoms with Crippen LogP contribution in [0.2, 0.25) is 10.0 Å². The van der Waals surface area contributed by atoms with Crippen LogP contribution in [0.4, 0.5) is 0 Å². The molecule has 0 N–H and O–H groups in total. The number of benzene rings is 1. The molecule has 1 aromatic carbocycles. The summed E-state index contributed by atoms with van der Waals surface area (Å²) in [6, 6.07) is 4.99. The Bertz CT molecular complexity index is 557. The van der Waals surface area contributed by atoms with Crippen LogP contribution in [0.3, 0.4) is 0 Å². The van der Waals surface area contributed by atoms with E-state index >= 15 is 0 Å². The van der Waals surface area contributed by atoms with Gasteiger partial charge in [0.05, 0.1) is 15.6 Å². The molecule has 116 valence electrons. The smallest absolute Gasteiger partial charge is 0.167 e. The highest BCUT2D eigenvalue weighted by molar-refractivity contribution is 8.93. The van der Waals surface area contributed by atoms with Crippen LogP contribution < -0.4 is 0 Å². The summed E-state index contributed by atoms with van der Waals surface area (Å²) in [5.74, 6) is -0.419. The van der Waals surface area contributed by atoms with Gasteiger partial charge in [-0.3, -0.25) is 9.59 Å². The number of rotatable bonds is 6. The summed E-state index contributed by atoms with van der Waals surface area (Å²) in [7, 11) is 3.76. The van der Waals surface area contributed by atoms with Gasteiger partial charge in [-0.1, -0.05) is 29.3 Å². The molecule has 21 heavy (non-hydrogen) atoms. The maximum atomic E-state index is 12.1. The van der Waals surface area contributed by atoms with Crippen molar-refractivity contribution in [3.8, 4) is 0 Å². The first-order chi connectivity index (χ1) is 9.31. The first kappa shape index (κ1) is 20.3. The molecule has 0 bridgehead atoms. The Morgan fingerprint density at radius 1 is 1.19 bits per heavy atom. The monoisotopic (exact) mass is 393 g/mol. The Balaban J connectivity index is 0.00000400. The largest absolute Gasteiger partial charge is 0.309 e. The summed E-state index contributed by atoms with van der Waals surface area (Å²) in [6.45, 7) is 1.99. The normalized spacial score (nSPS) is 11.2. The Labute approximate surface area is 145 Å². The van der Waals surface area contributed by atoms with E-state index in [0.29, 0.717) is 28.6 Å². The zero-order chi connectivity index (χ0) is 15.3. The van der Waals surface area contributed by atoms with Crippen LogP contribution in [0.15, 0.2) is 23.8 Å². The summed E-state index contributed by atoms with van der Waals surface area (Å²) < 4.78 is 0. The summed E-state index contributed by atoms with van der Waals surface area (Å²) in [6.07, 6.45) is 1.86. The first-order valence-electron chi connectivity index (χ1n) is 6.17. The van der Waals surface area contributed by atoms with Gasteiger partial charge in [0, 0.05) is 13.0 Å². The van der Waals surface area contributed by atoms with Crippen molar-refractivity contribution in [2.45, 2.75) is 13.3 Å². The van der Waals surface area contributed by atoms with Crippen molar-refractivity contribution in [2.24, 2.45) is 0 Å².